The van der Waals surface area contributed by atoms with E-state index in [1.54, 1.807) is 31.2 Å². The fourth-order valence-electron chi connectivity index (χ4n) is 2.75. The molecule has 1 aliphatic rings. The molecular formula is C17H12N2O3. The molecule has 0 N–H and O–H groups in total. The Labute approximate surface area is 126 Å². The number of fused-ring (bicyclic) bond motifs is 2. The van der Waals surface area contributed by atoms with E-state index in [0.29, 0.717) is 22.6 Å². The number of carbonyl (C=O) groups excluding carboxylic acids is 2. The van der Waals surface area contributed by atoms with Gasteiger partial charge in [-0.2, -0.15) is 0 Å². The first-order chi connectivity index (χ1) is 10.6. The van der Waals surface area contributed by atoms with E-state index in [9.17, 15) is 9.59 Å². The molecule has 0 bridgehead atoms. The van der Waals surface area contributed by atoms with E-state index in [-0.39, 0.29) is 18.4 Å². The van der Waals surface area contributed by atoms with Gasteiger partial charge >= 0.3 is 0 Å². The van der Waals surface area contributed by atoms with Crippen molar-refractivity contribution < 1.29 is 14.0 Å². The zero-order chi connectivity index (χ0) is 15.3. The van der Waals surface area contributed by atoms with Crippen molar-refractivity contribution in [3.63, 3.8) is 0 Å². The Balaban J connectivity index is 1.68. The molecule has 22 heavy (non-hydrogen) atoms. The average Bonchev–Trinajstić information content (AvgIpc) is 3.00. The van der Waals surface area contributed by atoms with Crippen LogP contribution in [0.4, 0.5) is 0 Å². The number of benzene rings is 2. The van der Waals surface area contributed by atoms with Crippen molar-refractivity contribution in [3.8, 4) is 0 Å². The van der Waals surface area contributed by atoms with Crippen molar-refractivity contribution in [1.82, 2.24) is 9.88 Å². The second-order valence-corrected chi connectivity index (χ2v) is 5.28. The third-order valence-electron chi connectivity index (χ3n) is 3.78. The van der Waals surface area contributed by atoms with E-state index in [0.717, 1.165) is 11.1 Å². The van der Waals surface area contributed by atoms with Crippen LogP contribution in [0.2, 0.25) is 0 Å². The molecule has 0 fully saturated rings. The third-order valence-corrected chi connectivity index (χ3v) is 3.78. The number of aromatic nitrogens is 1. The summed E-state index contributed by atoms with van der Waals surface area (Å²) >= 11 is 0. The van der Waals surface area contributed by atoms with Gasteiger partial charge in [-0.05, 0) is 29.8 Å². The molecule has 2 aromatic carbocycles. The Morgan fingerprint density at radius 1 is 1.05 bits per heavy atom. The maximum atomic E-state index is 12.4. The molecule has 0 aliphatic carbocycles. The monoisotopic (exact) mass is 292 g/mol. The van der Waals surface area contributed by atoms with Gasteiger partial charge in [0.25, 0.3) is 11.8 Å². The normalized spacial score (nSPS) is 14.0. The van der Waals surface area contributed by atoms with Gasteiger partial charge in [0.1, 0.15) is 5.52 Å². The molecule has 5 heteroatoms. The van der Waals surface area contributed by atoms with Crippen LogP contribution < -0.4 is 0 Å². The average molecular weight is 292 g/mol. The molecule has 1 aliphatic heterocycles. The number of hydrogen-bond acceptors (Lipinski definition) is 4. The maximum Gasteiger partial charge on any atom is 0.261 e. The molecule has 1 aromatic heterocycles. The molecule has 108 valence electrons. The topological polar surface area (TPSA) is 63.4 Å². The largest absolute Gasteiger partial charge is 0.441 e. The lowest BCUT2D eigenvalue weighted by molar-refractivity contribution is 0.0642. The maximum absolute atomic E-state index is 12.4. The lowest BCUT2D eigenvalue weighted by Crippen LogP contribution is -2.29. The quantitative estimate of drug-likeness (QED) is 0.681. The van der Waals surface area contributed by atoms with Crippen molar-refractivity contribution >= 4 is 22.9 Å². The molecule has 0 spiro atoms. The van der Waals surface area contributed by atoms with Crippen molar-refractivity contribution in [2.75, 3.05) is 0 Å². The van der Waals surface area contributed by atoms with Gasteiger partial charge in [-0.3, -0.25) is 14.5 Å². The van der Waals surface area contributed by atoms with Gasteiger partial charge in [0.05, 0.1) is 17.7 Å². The van der Waals surface area contributed by atoms with Crippen LogP contribution in [-0.2, 0) is 6.54 Å². The van der Waals surface area contributed by atoms with Crippen LogP contribution in [0, 0.1) is 6.92 Å². The van der Waals surface area contributed by atoms with Crippen LogP contribution in [0.3, 0.4) is 0 Å². The number of amides is 2. The zero-order valence-electron chi connectivity index (χ0n) is 11.9. The number of nitrogens with zero attached hydrogens (tertiary/aromatic N) is 2. The molecule has 0 atom stereocenters. The highest BCUT2D eigenvalue weighted by Crippen LogP contribution is 2.25. The summed E-state index contributed by atoms with van der Waals surface area (Å²) in [4.78, 5) is 30.2. The fraction of sp³-hybridized carbons (Fsp3) is 0.118. The third kappa shape index (κ3) is 1.83. The highest BCUT2D eigenvalue weighted by molar-refractivity contribution is 6.21. The SMILES string of the molecule is Cc1nc2cc(CN3C(=O)c4ccccc4C3=O)ccc2o1. The van der Waals surface area contributed by atoms with Gasteiger partial charge in [0.15, 0.2) is 11.5 Å². The van der Waals surface area contributed by atoms with Gasteiger partial charge in [0, 0.05) is 6.92 Å². The molecule has 0 saturated heterocycles. The van der Waals surface area contributed by atoms with Crippen LogP contribution >= 0.6 is 0 Å². The van der Waals surface area contributed by atoms with Gasteiger partial charge in [0.2, 0.25) is 0 Å². The highest BCUT2D eigenvalue weighted by atomic mass is 16.3. The summed E-state index contributed by atoms with van der Waals surface area (Å²) in [5.41, 5.74) is 3.20. The van der Waals surface area contributed by atoms with Crippen LogP contribution in [-0.4, -0.2) is 21.7 Å². The predicted molar refractivity (Wildman–Crippen MR) is 79.4 cm³/mol. The molecule has 2 heterocycles. The van der Waals surface area contributed by atoms with E-state index in [4.69, 9.17) is 4.42 Å². The Morgan fingerprint density at radius 2 is 1.73 bits per heavy atom. The van der Waals surface area contributed by atoms with Crippen LogP contribution in [0.5, 0.6) is 0 Å². The van der Waals surface area contributed by atoms with Crippen molar-refractivity contribution in [2.24, 2.45) is 0 Å². The Hall–Kier alpha value is -2.95. The molecule has 0 unspecified atom stereocenters. The smallest absolute Gasteiger partial charge is 0.261 e. The van der Waals surface area contributed by atoms with Gasteiger partial charge in [-0.25, -0.2) is 4.98 Å². The molecule has 3 aromatic rings. The molecule has 2 amide bonds. The number of aryl methyl sites for hydroxylation is 1. The summed E-state index contributed by atoms with van der Waals surface area (Å²) in [6.45, 7) is 2.01. The van der Waals surface area contributed by atoms with E-state index >= 15 is 0 Å². The minimum absolute atomic E-state index is 0.230. The first-order valence-corrected chi connectivity index (χ1v) is 6.95. The lowest BCUT2D eigenvalue weighted by atomic mass is 10.1. The predicted octanol–water partition coefficient (Wildman–Crippen LogP) is 2.93. The first kappa shape index (κ1) is 12.8. The minimum atomic E-state index is -0.253. The fourth-order valence-corrected chi connectivity index (χ4v) is 2.75. The number of imide groups is 1. The highest BCUT2D eigenvalue weighted by Gasteiger charge is 2.34. The van der Waals surface area contributed by atoms with E-state index < -0.39 is 0 Å². The summed E-state index contributed by atoms with van der Waals surface area (Å²) < 4.78 is 5.43. The number of carbonyl (C=O) groups is 2. The molecular weight excluding hydrogens is 280 g/mol. The van der Waals surface area contributed by atoms with E-state index in [2.05, 4.69) is 4.98 Å². The number of oxazole rings is 1. The summed E-state index contributed by atoms with van der Waals surface area (Å²) in [6.07, 6.45) is 0. The van der Waals surface area contributed by atoms with Crippen LogP contribution in [0.1, 0.15) is 32.2 Å². The van der Waals surface area contributed by atoms with E-state index in [1.807, 2.05) is 18.2 Å². The Morgan fingerprint density at radius 3 is 2.41 bits per heavy atom. The minimum Gasteiger partial charge on any atom is -0.441 e. The summed E-state index contributed by atoms with van der Waals surface area (Å²) in [6, 6.07) is 12.4. The van der Waals surface area contributed by atoms with Gasteiger partial charge < -0.3 is 4.42 Å². The summed E-state index contributed by atoms with van der Waals surface area (Å²) in [5.74, 6) is 0.0851. The lowest BCUT2D eigenvalue weighted by Gasteiger charge is -2.13. The number of rotatable bonds is 2. The van der Waals surface area contributed by atoms with Crippen molar-refractivity contribution in [2.45, 2.75) is 13.5 Å². The van der Waals surface area contributed by atoms with Crippen LogP contribution in [0.15, 0.2) is 46.9 Å². The number of hydrogen-bond donors (Lipinski definition) is 0. The van der Waals surface area contributed by atoms with E-state index in [1.165, 1.54) is 4.90 Å². The van der Waals surface area contributed by atoms with Gasteiger partial charge in [-0.15, -0.1) is 0 Å². The molecule has 4 rings (SSSR count). The van der Waals surface area contributed by atoms with Crippen molar-refractivity contribution in [3.05, 3.63) is 65.0 Å². The zero-order valence-corrected chi connectivity index (χ0v) is 11.9. The Kier molecular flexibility index (Phi) is 2.63. The molecule has 0 radical (unpaired) electrons. The molecule has 0 saturated carbocycles. The van der Waals surface area contributed by atoms with Crippen LogP contribution in [0.25, 0.3) is 11.1 Å². The Bertz CT molecular complexity index is 892. The second kappa shape index (κ2) is 4.53. The summed E-state index contributed by atoms with van der Waals surface area (Å²) in [5, 5.41) is 0. The first-order valence-electron chi connectivity index (χ1n) is 6.95. The van der Waals surface area contributed by atoms with Gasteiger partial charge in [-0.1, -0.05) is 18.2 Å². The second-order valence-electron chi connectivity index (χ2n) is 5.28. The molecule has 5 nitrogen and oxygen atoms in total. The summed E-state index contributed by atoms with van der Waals surface area (Å²) in [7, 11) is 0. The standard InChI is InChI=1S/C17H12N2O3/c1-10-18-14-8-11(6-7-15(14)22-10)9-19-16(20)12-4-2-3-5-13(12)17(19)21/h2-8H,9H2,1H3. The van der Waals surface area contributed by atoms with Crippen molar-refractivity contribution in [1.29, 1.82) is 0 Å².